The molecule has 0 saturated heterocycles. The van der Waals surface area contributed by atoms with Crippen LogP contribution in [0.25, 0.3) is 22.0 Å². The van der Waals surface area contributed by atoms with Crippen LogP contribution in [0.4, 0.5) is 5.82 Å². The summed E-state index contributed by atoms with van der Waals surface area (Å²) in [5.74, 6) is 0.187. The smallest absolute Gasteiger partial charge is 0.158 e. The Hall–Kier alpha value is -2.69. The number of benzene rings is 2. The van der Waals surface area contributed by atoms with Gasteiger partial charge in [-0.15, -0.1) is 0 Å². The summed E-state index contributed by atoms with van der Waals surface area (Å²) in [7, 11) is 0. The number of rotatable bonds is 1. The second-order valence-electron chi connectivity index (χ2n) is 4.07. The molecular formula is C13H11N3O2. The minimum absolute atomic E-state index is 0.134. The van der Waals surface area contributed by atoms with Gasteiger partial charge in [0.05, 0.1) is 5.52 Å². The number of aromatic amines is 1. The third-order valence-electron chi connectivity index (χ3n) is 2.90. The molecule has 5 N–H and O–H groups in total. The quantitative estimate of drug-likeness (QED) is 0.491. The highest BCUT2D eigenvalue weighted by atomic mass is 16.3. The molecule has 0 bridgehead atoms. The van der Waals surface area contributed by atoms with Crippen molar-refractivity contribution in [1.29, 1.82) is 0 Å². The molecule has 0 fully saturated rings. The van der Waals surface area contributed by atoms with Crippen LogP contribution >= 0.6 is 0 Å². The molecule has 5 nitrogen and oxygen atoms in total. The van der Waals surface area contributed by atoms with Crippen molar-refractivity contribution in [2.45, 2.75) is 0 Å². The molecular weight excluding hydrogens is 230 g/mol. The number of fused-ring (bicyclic) bond motifs is 1. The molecule has 90 valence electrons. The second-order valence-corrected chi connectivity index (χ2v) is 4.07. The first-order chi connectivity index (χ1) is 8.65. The Morgan fingerprint density at radius 1 is 0.944 bits per heavy atom. The van der Waals surface area contributed by atoms with E-state index in [1.165, 1.54) is 12.1 Å². The number of nitrogens with one attached hydrogen (secondary N) is 1. The van der Waals surface area contributed by atoms with Gasteiger partial charge in [-0.2, -0.15) is 5.10 Å². The lowest BCUT2D eigenvalue weighted by atomic mass is 10.0. The third-order valence-corrected chi connectivity index (χ3v) is 2.90. The molecule has 5 heteroatoms. The predicted molar refractivity (Wildman–Crippen MR) is 69.3 cm³/mol. The van der Waals surface area contributed by atoms with Gasteiger partial charge in [-0.25, -0.2) is 0 Å². The first kappa shape index (κ1) is 10.5. The molecule has 1 heterocycles. The van der Waals surface area contributed by atoms with Crippen LogP contribution in [0.15, 0.2) is 36.4 Å². The maximum Gasteiger partial charge on any atom is 0.158 e. The van der Waals surface area contributed by atoms with E-state index < -0.39 is 0 Å². The number of H-pyrrole nitrogens is 1. The molecule has 18 heavy (non-hydrogen) atoms. The first-order valence-corrected chi connectivity index (χ1v) is 5.41. The summed E-state index contributed by atoms with van der Waals surface area (Å²) < 4.78 is 0. The SMILES string of the molecule is Nc1n[nH]c2cc(-c3ccc(O)c(O)c3)ccc12. The summed E-state index contributed by atoms with van der Waals surface area (Å²) >= 11 is 0. The average molecular weight is 241 g/mol. The normalized spacial score (nSPS) is 10.9. The number of nitrogens with two attached hydrogens (primary N) is 1. The lowest BCUT2D eigenvalue weighted by Gasteiger charge is -2.04. The van der Waals surface area contributed by atoms with E-state index in [1.807, 2.05) is 18.2 Å². The van der Waals surface area contributed by atoms with Crippen LogP contribution in [0.1, 0.15) is 0 Å². The van der Waals surface area contributed by atoms with Crippen molar-refractivity contribution < 1.29 is 10.2 Å². The number of nitrogens with zero attached hydrogens (tertiary/aromatic N) is 1. The van der Waals surface area contributed by atoms with Gasteiger partial charge in [0, 0.05) is 5.39 Å². The molecule has 3 rings (SSSR count). The molecule has 3 aromatic rings. The summed E-state index contributed by atoms with van der Waals surface area (Å²) in [4.78, 5) is 0. The zero-order valence-electron chi connectivity index (χ0n) is 9.38. The number of phenols is 2. The Morgan fingerprint density at radius 3 is 2.44 bits per heavy atom. The fourth-order valence-corrected chi connectivity index (χ4v) is 1.92. The fourth-order valence-electron chi connectivity index (χ4n) is 1.92. The van der Waals surface area contributed by atoms with Crippen LogP contribution in [0.5, 0.6) is 11.5 Å². The summed E-state index contributed by atoms with van der Waals surface area (Å²) in [5.41, 5.74) is 8.23. The van der Waals surface area contributed by atoms with Crippen molar-refractivity contribution >= 4 is 16.7 Å². The van der Waals surface area contributed by atoms with Gasteiger partial charge in [0.1, 0.15) is 0 Å². The van der Waals surface area contributed by atoms with E-state index in [-0.39, 0.29) is 11.5 Å². The average Bonchev–Trinajstić information content (AvgIpc) is 2.74. The standard InChI is InChI=1S/C13H11N3O2/c14-13-9-3-1-7(5-10(9)15-16-13)8-2-4-11(17)12(18)6-8/h1-6,17-18H,(H3,14,15,16). The number of phenolic OH excluding ortho intramolecular Hbond substituents is 2. The predicted octanol–water partition coefficient (Wildman–Crippen LogP) is 2.22. The Kier molecular flexibility index (Phi) is 2.13. The maximum atomic E-state index is 9.49. The van der Waals surface area contributed by atoms with Gasteiger partial charge in [0.2, 0.25) is 0 Å². The minimum atomic E-state index is -0.142. The van der Waals surface area contributed by atoms with E-state index in [9.17, 15) is 10.2 Å². The fraction of sp³-hybridized carbons (Fsp3) is 0. The van der Waals surface area contributed by atoms with Crippen molar-refractivity contribution in [1.82, 2.24) is 10.2 Å². The molecule has 1 aromatic heterocycles. The maximum absolute atomic E-state index is 9.49. The van der Waals surface area contributed by atoms with E-state index in [0.717, 1.165) is 22.0 Å². The van der Waals surface area contributed by atoms with Gasteiger partial charge in [-0.1, -0.05) is 12.1 Å². The lowest BCUT2D eigenvalue weighted by Crippen LogP contribution is -1.83. The molecule has 0 aliphatic heterocycles. The lowest BCUT2D eigenvalue weighted by molar-refractivity contribution is 0.404. The van der Waals surface area contributed by atoms with E-state index >= 15 is 0 Å². The van der Waals surface area contributed by atoms with Crippen LogP contribution in [-0.2, 0) is 0 Å². The van der Waals surface area contributed by atoms with Crippen LogP contribution in [-0.4, -0.2) is 20.4 Å². The molecule has 0 aliphatic rings. The zero-order chi connectivity index (χ0) is 12.7. The van der Waals surface area contributed by atoms with E-state index in [0.29, 0.717) is 5.82 Å². The van der Waals surface area contributed by atoms with Crippen molar-refractivity contribution in [2.24, 2.45) is 0 Å². The molecule has 0 aliphatic carbocycles. The molecule has 0 unspecified atom stereocenters. The van der Waals surface area contributed by atoms with E-state index in [2.05, 4.69) is 10.2 Å². The van der Waals surface area contributed by atoms with E-state index in [1.54, 1.807) is 6.07 Å². The highest BCUT2D eigenvalue weighted by Gasteiger charge is 2.06. The third kappa shape index (κ3) is 1.53. The number of aromatic nitrogens is 2. The van der Waals surface area contributed by atoms with Crippen LogP contribution in [0, 0.1) is 0 Å². The highest BCUT2D eigenvalue weighted by Crippen LogP contribution is 2.32. The Bertz CT molecular complexity index is 734. The van der Waals surface area contributed by atoms with Gasteiger partial charge in [0.25, 0.3) is 0 Å². The molecule has 2 aromatic carbocycles. The van der Waals surface area contributed by atoms with Gasteiger partial charge in [-0.3, -0.25) is 5.10 Å². The van der Waals surface area contributed by atoms with Crippen molar-refractivity contribution in [3.8, 4) is 22.6 Å². The largest absolute Gasteiger partial charge is 0.504 e. The topological polar surface area (TPSA) is 95.2 Å². The monoisotopic (exact) mass is 241 g/mol. The summed E-state index contributed by atoms with van der Waals surface area (Å²) in [6.45, 7) is 0. The van der Waals surface area contributed by atoms with Crippen molar-refractivity contribution in [3.63, 3.8) is 0 Å². The summed E-state index contributed by atoms with van der Waals surface area (Å²) in [6.07, 6.45) is 0. The first-order valence-electron chi connectivity index (χ1n) is 5.41. The van der Waals surface area contributed by atoms with Gasteiger partial charge >= 0.3 is 0 Å². The van der Waals surface area contributed by atoms with Crippen LogP contribution in [0.3, 0.4) is 0 Å². The Balaban J connectivity index is 2.16. The Morgan fingerprint density at radius 2 is 1.67 bits per heavy atom. The number of aromatic hydroxyl groups is 2. The number of hydrogen-bond donors (Lipinski definition) is 4. The highest BCUT2D eigenvalue weighted by molar-refractivity contribution is 5.91. The summed E-state index contributed by atoms with van der Waals surface area (Å²) in [5, 5.41) is 26.4. The minimum Gasteiger partial charge on any atom is -0.504 e. The van der Waals surface area contributed by atoms with Gasteiger partial charge < -0.3 is 15.9 Å². The van der Waals surface area contributed by atoms with Crippen molar-refractivity contribution in [3.05, 3.63) is 36.4 Å². The van der Waals surface area contributed by atoms with Crippen LogP contribution < -0.4 is 5.73 Å². The van der Waals surface area contributed by atoms with Crippen molar-refractivity contribution in [2.75, 3.05) is 5.73 Å². The second kappa shape index (κ2) is 3.66. The molecule has 0 radical (unpaired) electrons. The number of anilines is 1. The Labute approximate surface area is 102 Å². The van der Waals surface area contributed by atoms with Gasteiger partial charge in [0.15, 0.2) is 17.3 Å². The molecule has 0 saturated carbocycles. The number of nitrogen functional groups attached to an aromatic ring is 1. The van der Waals surface area contributed by atoms with Crippen LogP contribution in [0.2, 0.25) is 0 Å². The van der Waals surface area contributed by atoms with E-state index in [4.69, 9.17) is 5.73 Å². The number of hydrogen-bond acceptors (Lipinski definition) is 4. The zero-order valence-corrected chi connectivity index (χ0v) is 9.38. The summed E-state index contributed by atoms with van der Waals surface area (Å²) in [6, 6.07) is 10.3. The van der Waals surface area contributed by atoms with Gasteiger partial charge in [-0.05, 0) is 35.4 Å². The molecule has 0 spiro atoms. The molecule has 0 atom stereocenters. The molecule has 0 amide bonds.